The number of carbonyl (C=O) groups excluding carboxylic acids is 2. The van der Waals surface area contributed by atoms with Crippen LogP contribution in [0.25, 0.3) is 0 Å². The van der Waals surface area contributed by atoms with Crippen molar-refractivity contribution in [1.29, 1.82) is 0 Å². The van der Waals surface area contributed by atoms with Crippen molar-refractivity contribution in [3.63, 3.8) is 0 Å². The molecule has 0 aliphatic heterocycles. The molecule has 0 aromatic rings. The van der Waals surface area contributed by atoms with Crippen LogP contribution in [0.2, 0.25) is 0 Å². The summed E-state index contributed by atoms with van der Waals surface area (Å²) in [5.41, 5.74) is 0. The molecular formula is C18H34O4Pb. The summed E-state index contributed by atoms with van der Waals surface area (Å²) in [5, 5.41) is 19.9. The molecule has 0 fully saturated rings. The van der Waals surface area contributed by atoms with E-state index in [1.165, 1.54) is 44.9 Å². The van der Waals surface area contributed by atoms with Crippen molar-refractivity contribution in [1.82, 2.24) is 0 Å². The van der Waals surface area contributed by atoms with Crippen molar-refractivity contribution in [2.24, 2.45) is 0 Å². The van der Waals surface area contributed by atoms with Gasteiger partial charge in [-0.25, -0.2) is 0 Å². The third-order valence-corrected chi connectivity index (χ3v) is 3.47. The molecule has 23 heavy (non-hydrogen) atoms. The maximum atomic E-state index is 10.0. The predicted molar refractivity (Wildman–Crippen MR) is 91.8 cm³/mol. The number of rotatable bonds is 14. The summed E-state index contributed by atoms with van der Waals surface area (Å²) >= 11 is 0. The summed E-state index contributed by atoms with van der Waals surface area (Å²) in [7, 11) is 0. The van der Waals surface area contributed by atoms with Gasteiger partial charge in [0, 0.05) is 11.9 Å². The first-order chi connectivity index (χ1) is 10.5. The van der Waals surface area contributed by atoms with Crippen LogP contribution >= 0.6 is 0 Å². The Balaban J connectivity index is -0.000000338. The molecule has 134 valence electrons. The Hall–Kier alpha value is -0.138. The first-order valence-electron chi connectivity index (χ1n) is 8.94. The Morgan fingerprint density at radius 2 is 0.826 bits per heavy atom. The molecule has 0 unspecified atom stereocenters. The second kappa shape index (κ2) is 24.1. The van der Waals surface area contributed by atoms with E-state index in [0.29, 0.717) is 0 Å². The molecule has 5 heteroatoms. The predicted octanol–water partition coefficient (Wildman–Crippen LogP) is 2.59. The van der Waals surface area contributed by atoms with Gasteiger partial charge in [-0.2, -0.15) is 0 Å². The topological polar surface area (TPSA) is 80.3 Å². The molecule has 0 aromatic heterocycles. The van der Waals surface area contributed by atoms with Gasteiger partial charge >= 0.3 is 27.3 Å². The molecule has 0 bridgehead atoms. The smallest absolute Gasteiger partial charge is 0.550 e. The summed E-state index contributed by atoms with van der Waals surface area (Å²) < 4.78 is 0. The second-order valence-corrected chi connectivity index (χ2v) is 5.78. The van der Waals surface area contributed by atoms with Crippen molar-refractivity contribution < 1.29 is 19.8 Å². The maximum Gasteiger partial charge on any atom is 2.00 e. The second-order valence-electron chi connectivity index (χ2n) is 5.78. The summed E-state index contributed by atoms with van der Waals surface area (Å²) in [6.07, 6.45) is 13.9. The normalized spacial score (nSPS) is 9.48. The molecule has 0 heterocycles. The molecule has 0 rings (SSSR count). The van der Waals surface area contributed by atoms with E-state index in [-0.39, 0.29) is 40.1 Å². The van der Waals surface area contributed by atoms with Gasteiger partial charge in [0.2, 0.25) is 0 Å². The van der Waals surface area contributed by atoms with Gasteiger partial charge in [-0.15, -0.1) is 0 Å². The van der Waals surface area contributed by atoms with Gasteiger partial charge in [-0.1, -0.05) is 78.1 Å². The van der Waals surface area contributed by atoms with Crippen molar-refractivity contribution in [2.75, 3.05) is 0 Å². The van der Waals surface area contributed by atoms with Crippen LogP contribution in [-0.4, -0.2) is 39.2 Å². The minimum Gasteiger partial charge on any atom is -0.550 e. The Morgan fingerprint density at radius 1 is 0.565 bits per heavy atom. The van der Waals surface area contributed by atoms with E-state index in [4.69, 9.17) is 0 Å². The average molecular weight is 522 g/mol. The van der Waals surface area contributed by atoms with Gasteiger partial charge in [-0.3, -0.25) is 0 Å². The van der Waals surface area contributed by atoms with E-state index < -0.39 is 11.9 Å². The van der Waals surface area contributed by atoms with Crippen molar-refractivity contribution in [3.05, 3.63) is 0 Å². The Morgan fingerprint density at radius 3 is 1.09 bits per heavy atom. The molecule has 0 saturated heterocycles. The Labute approximate surface area is 162 Å². The van der Waals surface area contributed by atoms with E-state index in [1.54, 1.807) is 0 Å². The number of hydrogen-bond donors (Lipinski definition) is 0. The van der Waals surface area contributed by atoms with Gasteiger partial charge < -0.3 is 19.8 Å². The summed E-state index contributed by atoms with van der Waals surface area (Å²) in [6.45, 7) is 4.33. The minimum absolute atomic E-state index is 0. The van der Waals surface area contributed by atoms with Crippen molar-refractivity contribution in [2.45, 2.75) is 104 Å². The van der Waals surface area contributed by atoms with Gasteiger partial charge in [0.15, 0.2) is 0 Å². The van der Waals surface area contributed by atoms with Crippen LogP contribution in [0.5, 0.6) is 0 Å². The van der Waals surface area contributed by atoms with Gasteiger partial charge in [0.1, 0.15) is 0 Å². The fraction of sp³-hybridized carbons (Fsp3) is 0.889. The third-order valence-electron chi connectivity index (χ3n) is 3.47. The van der Waals surface area contributed by atoms with Crippen LogP contribution in [0.4, 0.5) is 0 Å². The quantitative estimate of drug-likeness (QED) is 0.260. The minimum atomic E-state index is -0.920. The number of aliphatic carboxylic acids is 2. The van der Waals surface area contributed by atoms with Gasteiger partial charge in [0.05, 0.1) is 0 Å². The molecule has 0 aliphatic carbocycles. The van der Waals surface area contributed by atoms with Crippen LogP contribution in [0.1, 0.15) is 104 Å². The SMILES string of the molecule is CCCCCCCC(=O)[O-].CCCCCCCCCC(=O)[O-].[Pb+2]. The van der Waals surface area contributed by atoms with Crippen LogP contribution in [0.15, 0.2) is 0 Å². The maximum absolute atomic E-state index is 10.0. The number of unbranched alkanes of at least 4 members (excludes halogenated alkanes) is 10. The van der Waals surface area contributed by atoms with Crippen LogP contribution < -0.4 is 10.2 Å². The Bertz CT molecular complexity index is 257. The summed E-state index contributed by atoms with van der Waals surface area (Å²) in [6, 6.07) is 0. The van der Waals surface area contributed by atoms with Crippen LogP contribution in [0.3, 0.4) is 0 Å². The summed E-state index contributed by atoms with van der Waals surface area (Å²) in [5.74, 6) is -1.83. The molecule has 0 saturated carbocycles. The largest absolute Gasteiger partial charge is 2.00 e. The molecule has 0 atom stereocenters. The van der Waals surface area contributed by atoms with Crippen molar-refractivity contribution in [3.8, 4) is 0 Å². The number of hydrogen-bond acceptors (Lipinski definition) is 4. The first kappa shape index (κ1) is 27.7. The molecule has 2 radical (unpaired) electrons. The van der Waals surface area contributed by atoms with Crippen molar-refractivity contribution >= 4 is 39.2 Å². The number of carbonyl (C=O) groups is 2. The zero-order chi connectivity index (χ0) is 17.1. The molecule has 0 amide bonds. The van der Waals surface area contributed by atoms with E-state index in [1.807, 2.05) is 0 Å². The molecule has 4 nitrogen and oxygen atoms in total. The Kier molecular flexibility index (Phi) is 29.0. The fourth-order valence-corrected chi connectivity index (χ4v) is 2.10. The molecule has 0 N–H and O–H groups in total. The number of carboxylic acids is 2. The van der Waals surface area contributed by atoms with E-state index >= 15 is 0 Å². The van der Waals surface area contributed by atoms with E-state index in [2.05, 4.69) is 13.8 Å². The monoisotopic (exact) mass is 522 g/mol. The van der Waals surface area contributed by atoms with Gasteiger partial charge in [0.25, 0.3) is 0 Å². The van der Waals surface area contributed by atoms with E-state index in [9.17, 15) is 19.8 Å². The van der Waals surface area contributed by atoms with Crippen LogP contribution in [-0.2, 0) is 9.59 Å². The van der Waals surface area contributed by atoms with Gasteiger partial charge in [-0.05, 0) is 25.7 Å². The zero-order valence-electron chi connectivity index (χ0n) is 15.0. The summed E-state index contributed by atoms with van der Waals surface area (Å²) in [4.78, 5) is 19.9. The molecule has 0 spiro atoms. The van der Waals surface area contributed by atoms with Crippen LogP contribution in [0, 0.1) is 0 Å². The molecular weight excluding hydrogens is 487 g/mol. The fourth-order valence-electron chi connectivity index (χ4n) is 2.10. The zero-order valence-corrected chi connectivity index (χ0v) is 18.9. The molecule has 0 aromatic carbocycles. The first-order valence-corrected chi connectivity index (χ1v) is 8.94. The number of carboxylic acid groups (broad SMARTS) is 2. The molecule has 0 aliphatic rings. The average Bonchev–Trinajstić information content (AvgIpc) is 2.46. The third kappa shape index (κ3) is 34.3. The standard InChI is InChI=1S/C10H20O2.C8H16O2.Pb/c1-2-3-4-5-6-7-8-9-10(11)12;1-2-3-4-5-6-7-8(9)10;/h2-9H2,1H3,(H,11,12);2-7H2,1H3,(H,9,10);/q;;+2/p-2. The van der Waals surface area contributed by atoms with E-state index in [0.717, 1.165) is 32.1 Å².